The number of amides is 2. The van der Waals surface area contributed by atoms with Crippen molar-refractivity contribution in [2.45, 2.75) is 85.0 Å². The predicted molar refractivity (Wildman–Crippen MR) is 116 cm³/mol. The molecule has 1 N–H and O–H groups in total. The normalized spacial score (nSPS) is 10.7. The number of hydrogen-bond donors (Lipinski definition) is 1. The summed E-state index contributed by atoms with van der Waals surface area (Å²) in [7, 11) is 0. The van der Waals surface area contributed by atoms with E-state index in [0.29, 0.717) is 31.0 Å². The van der Waals surface area contributed by atoms with Crippen LogP contribution in [0.2, 0.25) is 0 Å². The lowest BCUT2D eigenvalue weighted by atomic mass is 10.1. The third-order valence-corrected chi connectivity index (χ3v) is 5.07. The lowest BCUT2D eigenvalue weighted by molar-refractivity contribution is 0.0767. The van der Waals surface area contributed by atoms with Crippen LogP contribution in [0, 0.1) is 0 Å². The van der Waals surface area contributed by atoms with E-state index in [4.69, 9.17) is 0 Å². The lowest BCUT2D eigenvalue weighted by Crippen LogP contribution is -2.32. The number of nitrogens with zero attached hydrogens (tertiary/aromatic N) is 2. The Kier molecular flexibility index (Phi) is 13.0. The molecule has 0 unspecified atom stereocenters. The van der Waals surface area contributed by atoms with E-state index in [9.17, 15) is 9.59 Å². The molecule has 1 aromatic heterocycles. The Morgan fingerprint density at radius 3 is 1.93 bits per heavy atom. The van der Waals surface area contributed by atoms with Gasteiger partial charge < -0.3 is 10.2 Å². The van der Waals surface area contributed by atoms with Gasteiger partial charge in [-0.1, -0.05) is 70.8 Å². The van der Waals surface area contributed by atoms with Crippen LogP contribution in [0.25, 0.3) is 0 Å². The molecule has 0 bridgehead atoms. The minimum Gasteiger partial charge on any atom is -0.351 e. The number of unbranched alkanes of at least 4 members (excludes halogenated alkanes) is 9. The van der Waals surface area contributed by atoms with E-state index < -0.39 is 0 Å². The smallest absolute Gasteiger partial charge is 0.272 e. The van der Waals surface area contributed by atoms with E-state index in [1.807, 2.05) is 13.8 Å². The molecule has 1 heterocycles. The SMILES string of the molecule is CCCCCCCCCCCCNC(=O)c1cccc(C(=O)N(CC)CC)n1. The van der Waals surface area contributed by atoms with Crippen LogP contribution in [0.3, 0.4) is 0 Å². The Hall–Kier alpha value is -1.91. The van der Waals surface area contributed by atoms with Gasteiger partial charge in [0, 0.05) is 19.6 Å². The number of aromatic nitrogens is 1. The van der Waals surface area contributed by atoms with Gasteiger partial charge in [0.25, 0.3) is 11.8 Å². The summed E-state index contributed by atoms with van der Waals surface area (Å²) in [6, 6.07) is 5.05. The van der Waals surface area contributed by atoms with Crippen LogP contribution in [0.4, 0.5) is 0 Å². The molecule has 0 aliphatic rings. The highest BCUT2D eigenvalue weighted by Gasteiger charge is 2.16. The molecule has 1 aromatic rings. The van der Waals surface area contributed by atoms with Crippen molar-refractivity contribution in [1.29, 1.82) is 0 Å². The van der Waals surface area contributed by atoms with Crippen LogP contribution in [0.15, 0.2) is 18.2 Å². The highest BCUT2D eigenvalue weighted by molar-refractivity contribution is 5.96. The molecule has 0 aliphatic carbocycles. The Labute approximate surface area is 171 Å². The molecule has 0 fully saturated rings. The quantitative estimate of drug-likeness (QED) is 0.419. The van der Waals surface area contributed by atoms with Crippen molar-refractivity contribution in [3.05, 3.63) is 29.6 Å². The van der Waals surface area contributed by atoms with Crippen molar-refractivity contribution in [3.63, 3.8) is 0 Å². The largest absolute Gasteiger partial charge is 0.351 e. The zero-order valence-electron chi connectivity index (χ0n) is 18.1. The van der Waals surface area contributed by atoms with Gasteiger partial charge in [-0.05, 0) is 32.4 Å². The zero-order valence-corrected chi connectivity index (χ0v) is 18.1. The van der Waals surface area contributed by atoms with Crippen molar-refractivity contribution in [1.82, 2.24) is 15.2 Å². The van der Waals surface area contributed by atoms with Crippen molar-refractivity contribution < 1.29 is 9.59 Å². The monoisotopic (exact) mass is 389 g/mol. The summed E-state index contributed by atoms with van der Waals surface area (Å²) < 4.78 is 0. The first-order valence-electron chi connectivity index (χ1n) is 11.2. The van der Waals surface area contributed by atoms with Crippen LogP contribution in [-0.4, -0.2) is 41.3 Å². The molecule has 1 rings (SSSR count). The minimum atomic E-state index is -0.204. The van der Waals surface area contributed by atoms with E-state index in [-0.39, 0.29) is 11.8 Å². The number of carbonyl (C=O) groups excluding carboxylic acids is 2. The van der Waals surface area contributed by atoms with Crippen LogP contribution in [-0.2, 0) is 0 Å². The summed E-state index contributed by atoms with van der Waals surface area (Å²) in [4.78, 5) is 30.6. The molecule has 0 radical (unpaired) electrons. The average Bonchev–Trinajstić information content (AvgIpc) is 2.72. The number of pyridine rings is 1. The molecule has 0 saturated carbocycles. The van der Waals surface area contributed by atoms with Gasteiger partial charge in [-0.25, -0.2) is 4.98 Å². The first-order chi connectivity index (χ1) is 13.6. The summed E-state index contributed by atoms with van der Waals surface area (Å²) in [5.74, 6) is -0.334. The third-order valence-electron chi connectivity index (χ3n) is 5.07. The first-order valence-corrected chi connectivity index (χ1v) is 11.2. The van der Waals surface area contributed by atoms with Crippen LogP contribution >= 0.6 is 0 Å². The maximum absolute atomic E-state index is 12.4. The number of hydrogen-bond acceptors (Lipinski definition) is 3. The molecule has 5 heteroatoms. The maximum atomic E-state index is 12.4. The molecule has 158 valence electrons. The van der Waals surface area contributed by atoms with Crippen molar-refractivity contribution in [2.75, 3.05) is 19.6 Å². The maximum Gasteiger partial charge on any atom is 0.272 e. The Morgan fingerprint density at radius 2 is 1.36 bits per heavy atom. The summed E-state index contributed by atoms with van der Waals surface area (Å²) >= 11 is 0. The van der Waals surface area contributed by atoms with Gasteiger partial charge in [0.1, 0.15) is 11.4 Å². The predicted octanol–water partition coefficient (Wildman–Crippen LogP) is 5.21. The zero-order chi connectivity index (χ0) is 20.6. The van der Waals surface area contributed by atoms with Crippen molar-refractivity contribution >= 4 is 11.8 Å². The van der Waals surface area contributed by atoms with Gasteiger partial charge in [0.2, 0.25) is 0 Å². The molecular weight excluding hydrogens is 350 g/mol. The lowest BCUT2D eigenvalue weighted by Gasteiger charge is -2.18. The number of rotatable bonds is 15. The molecule has 2 amide bonds. The van der Waals surface area contributed by atoms with Crippen molar-refractivity contribution in [2.24, 2.45) is 0 Å². The second-order valence-corrected chi connectivity index (χ2v) is 7.32. The third kappa shape index (κ3) is 9.34. The van der Waals surface area contributed by atoms with Crippen LogP contribution < -0.4 is 5.32 Å². The fourth-order valence-corrected chi connectivity index (χ4v) is 3.26. The standard InChI is InChI=1S/C23H39N3O2/c1-4-7-8-9-10-11-12-13-14-15-19-24-22(27)20-17-16-18-21(25-20)23(28)26(5-2)6-3/h16-18H,4-15,19H2,1-3H3,(H,24,27). The molecule has 0 saturated heterocycles. The van der Waals surface area contributed by atoms with Gasteiger partial charge in [-0.2, -0.15) is 0 Å². The summed E-state index contributed by atoms with van der Waals surface area (Å²) in [5, 5.41) is 2.92. The van der Waals surface area contributed by atoms with Gasteiger partial charge in [0.15, 0.2) is 0 Å². The van der Waals surface area contributed by atoms with E-state index in [0.717, 1.165) is 12.8 Å². The number of nitrogens with one attached hydrogen (secondary N) is 1. The molecule has 0 spiro atoms. The van der Waals surface area contributed by atoms with Gasteiger partial charge in [-0.3, -0.25) is 9.59 Å². The first kappa shape index (κ1) is 24.1. The minimum absolute atomic E-state index is 0.130. The van der Waals surface area contributed by atoms with Crippen LogP contribution in [0.5, 0.6) is 0 Å². The van der Waals surface area contributed by atoms with Crippen LogP contribution in [0.1, 0.15) is 106 Å². The molecule has 5 nitrogen and oxygen atoms in total. The topological polar surface area (TPSA) is 62.3 Å². The fourth-order valence-electron chi connectivity index (χ4n) is 3.26. The summed E-state index contributed by atoms with van der Waals surface area (Å²) in [5.41, 5.74) is 0.639. The molecular formula is C23H39N3O2. The van der Waals surface area contributed by atoms with Gasteiger partial charge in [-0.15, -0.1) is 0 Å². The number of carbonyl (C=O) groups is 2. The molecule has 0 aromatic carbocycles. The van der Waals surface area contributed by atoms with E-state index >= 15 is 0 Å². The van der Waals surface area contributed by atoms with E-state index in [1.54, 1.807) is 23.1 Å². The average molecular weight is 390 g/mol. The Morgan fingerprint density at radius 1 is 0.821 bits per heavy atom. The Bertz CT molecular complexity index is 571. The molecule has 0 aliphatic heterocycles. The summed E-state index contributed by atoms with van der Waals surface area (Å²) in [6.07, 6.45) is 12.7. The summed E-state index contributed by atoms with van der Waals surface area (Å²) in [6.45, 7) is 8.04. The second-order valence-electron chi connectivity index (χ2n) is 7.32. The highest BCUT2D eigenvalue weighted by atomic mass is 16.2. The second kappa shape index (κ2) is 15.1. The fraction of sp³-hybridized carbons (Fsp3) is 0.696. The molecule has 28 heavy (non-hydrogen) atoms. The molecule has 0 atom stereocenters. The van der Waals surface area contributed by atoms with E-state index in [1.165, 1.54) is 51.4 Å². The van der Waals surface area contributed by atoms with Gasteiger partial charge >= 0.3 is 0 Å². The Balaban J connectivity index is 2.24. The van der Waals surface area contributed by atoms with E-state index in [2.05, 4.69) is 17.2 Å². The van der Waals surface area contributed by atoms with Crippen molar-refractivity contribution in [3.8, 4) is 0 Å². The highest BCUT2D eigenvalue weighted by Crippen LogP contribution is 2.10. The van der Waals surface area contributed by atoms with Gasteiger partial charge in [0.05, 0.1) is 0 Å².